The fraction of sp³-hybridized carbons (Fsp3) is 0.176. The third kappa shape index (κ3) is 4.16. The molecule has 0 aliphatic rings. The Morgan fingerprint density at radius 1 is 1.24 bits per heavy atom. The quantitative estimate of drug-likeness (QED) is 0.685. The molecule has 2 aromatic carbocycles. The van der Waals surface area contributed by atoms with E-state index in [2.05, 4.69) is 20.8 Å². The maximum atomic E-state index is 12.3. The number of tetrazole rings is 1. The molecule has 0 atom stereocenters. The Kier molecular flexibility index (Phi) is 5.30. The number of anilines is 1. The van der Waals surface area contributed by atoms with Gasteiger partial charge in [0.05, 0.1) is 19.2 Å². The van der Waals surface area contributed by atoms with E-state index in [1.807, 2.05) is 54.8 Å². The van der Waals surface area contributed by atoms with Crippen LogP contribution in [0.15, 0.2) is 53.7 Å². The molecule has 8 heteroatoms. The van der Waals surface area contributed by atoms with Crippen molar-refractivity contribution in [2.24, 2.45) is 0 Å². The van der Waals surface area contributed by atoms with Crippen molar-refractivity contribution in [2.75, 3.05) is 18.7 Å². The first-order chi connectivity index (χ1) is 12.2. The van der Waals surface area contributed by atoms with Gasteiger partial charge in [0.25, 0.3) is 0 Å². The number of carbonyl (C=O) groups excluding carboxylic acids is 1. The lowest BCUT2D eigenvalue weighted by molar-refractivity contribution is -0.115. The number of carbonyl (C=O) groups is 1. The summed E-state index contributed by atoms with van der Waals surface area (Å²) < 4.78 is 6.75. The zero-order chi connectivity index (χ0) is 17.6. The van der Waals surface area contributed by atoms with Crippen molar-refractivity contribution in [2.45, 2.75) is 11.6 Å². The molecule has 1 aromatic heterocycles. The molecule has 3 rings (SSSR count). The highest BCUT2D eigenvalue weighted by Crippen LogP contribution is 2.19. The van der Waals surface area contributed by atoms with Crippen LogP contribution in [0, 0.1) is 0 Å². The summed E-state index contributed by atoms with van der Waals surface area (Å²) >= 11 is 1.45. The molecule has 25 heavy (non-hydrogen) atoms. The van der Waals surface area contributed by atoms with Crippen molar-refractivity contribution in [3.63, 3.8) is 0 Å². The number of ether oxygens (including phenoxy) is 1. The molecule has 0 radical (unpaired) electrons. The first kappa shape index (κ1) is 17.0. The van der Waals surface area contributed by atoms with E-state index in [-0.39, 0.29) is 12.3 Å². The average Bonchev–Trinajstić information content (AvgIpc) is 3.11. The van der Waals surface area contributed by atoms with E-state index in [9.17, 15) is 4.79 Å². The molecule has 0 spiro atoms. The smallest absolute Gasteiger partial charge is 0.228 e. The fourth-order valence-corrected chi connectivity index (χ4v) is 2.75. The molecule has 0 fully saturated rings. The molecular weight excluding hydrogens is 338 g/mol. The van der Waals surface area contributed by atoms with Crippen molar-refractivity contribution in [1.29, 1.82) is 0 Å². The molecule has 1 N–H and O–H groups in total. The summed E-state index contributed by atoms with van der Waals surface area (Å²) in [6.45, 7) is 0. The Morgan fingerprint density at radius 3 is 2.76 bits per heavy atom. The summed E-state index contributed by atoms with van der Waals surface area (Å²) in [6.07, 6.45) is 2.19. The number of nitrogens with zero attached hydrogens (tertiary/aromatic N) is 4. The molecule has 0 saturated carbocycles. The number of nitrogens with one attached hydrogen (secondary N) is 1. The largest absolute Gasteiger partial charge is 0.497 e. The minimum Gasteiger partial charge on any atom is -0.497 e. The lowest BCUT2D eigenvalue weighted by atomic mass is 10.1. The normalized spacial score (nSPS) is 10.5. The average molecular weight is 355 g/mol. The molecule has 0 unspecified atom stereocenters. The Balaban J connectivity index is 1.70. The van der Waals surface area contributed by atoms with Crippen molar-refractivity contribution in [3.8, 4) is 11.4 Å². The molecule has 128 valence electrons. The van der Waals surface area contributed by atoms with Crippen LogP contribution >= 0.6 is 11.8 Å². The van der Waals surface area contributed by atoms with Crippen LogP contribution in [-0.2, 0) is 11.2 Å². The van der Waals surface area contributed by atoms with Crippen molar-refractivity contribution >= 4 is 23.4 Å². The second-order valence-electron chi connectivity index (χ2n) is 5.20. The van der Waals surface area contributed by atoms with E-state index in [1.165, 1.54) is 11.8 Å². The molecule has 1 amide bonds. The summed E-state index contributed by atoms with van der Waals surface area (Å²) in [7, 11) is 1.61. The SMILES string of the molecule is COc1ccc(CC(=O)Nc2cccc(-n3nnnc3SC)c2)cc1. The first-order valence-electron chi connectivity index (χ1n) is 7.55. The van der Waals surface area contributed by atoms with Crippen LogP contribution in [0.1, 0.15) is 5.56 Å². The van der Waals surface area contributed by atoms with Crippen molar-refractivity contribution in [1.82, 2.24) is 20.2 Å². The van der Waals surface area contributed by atoms with E-state index in [4.69, 9.17) is 4.74 Å². The molecule has 3 aromatic rings. The van der Waals surface area contributed by atoms with Gasteiger partial charge in [-0.1, -0.05) is 30.0 Å². The van der Waals surface area contributed by atoms with E-state index in [0.717, 1.165) is 17.0 Å². The number of hydrogen-bond acceptors (Lipinski definition) is 6. The number of benzene rings is 2. The minimum atomic E-state index is -0.0934. The lowest BCUT2D eigenvalue weighted by Crippen LogP contribution is -2.14. The third-order valence-corrected chi connectivity index (χ3v) is 4.14. The predicted molar refractivity (Wildman–Crippen MR) is 96.3 cm³/mol. The summed E-state index contributed by atoms with van der Waals surface area (Å²) in [5.74, 6) is 0.673. The summed E-state index contributed by atoms with van der Waals surface area (Å²) in [5, 5.41) is 15.2. The topological polar surface area (TPSA) is 81.9 Å². The first-order valence-corrected chi connectivity index (χ1v) is 8.77. The van der Waals surface area contributed by atoms with Crippen molar-refractivity contribution in [3.05, 3.63) is 54.1 Å². The monoisotopic (exact) mass is 355 g/mol. The van der Waals surface area contributed by atoms with Gasteiger partial charge in [-0.05, 0) is 52.6 Å². The number of aromatic nitrogens is 4. The zero-order valence-electron chi connectivity index (χ0n) is 13.8. The second kappa shape index (κ2) is 7.80. The summed E-state index contributed by atoms with van der Waals surface area (Å²) in [5.41, 5.74) is 2.40. The van der Waals surface area contributed by atoms with E-state index >= 15 is 0 Å². The summed E-state index contributed by atoms with van der Waals surface area (Å²) in [6, 6.07) is 14.8. The Bertz CT molecular complexity index is 863. The van der Waals surface area contributed by atoms with Gasteiger partial charge in [0.15, 0.2) is 0 Å². The molecule has 0 aliphatic heterocycles. The predicted octanol–water partition coefficient (Wildman–Crippen LogP) is 2.57. The Hall–Kier alpha value is -2.87. The molecule has 1 heterocycles. The van der Waals surface area contributed by atoms with Gasteiger partial charge in [-0.25, -0.2) is 0 Å². The van der Waals surface area contributed by atoms with E-state index < -0.39 is 0 Å². The van der Waals surface area contributed by atoms with Crippen LogP contribution in [0.4, 0.5) is 5.69 Å². The Labute approximate surface area is 149 Å². The van der Waals surface area contributed by atoms with Gasteiger partial charge >= 0.3 is 0 Å². The number of rotatable bonds is 6. The number of methoxy groups -OCH3 is 1. The number of amides is 1. The van der Waals surface area contributed by atoms with Crippen LogP contribution in [0.25, 0.3) is 5.69 Å². The van der Waals surface area contributed by atoms with Gasteiger partial charge in [0.1, 0.15) is 5.75 Å². The maximum absolute atomic E-state index is 12.3. The standard InChI is InChI=1S/C17H17N5O2S/c1-24-15-8-6-12(7-9-15)10-16(23)18-13-4-3-5-14(11-13)22-17(25-2)19-20-21-22/h3-9,11H,10H2,1-2H3,(H,18,23). The fourth-order valence-electron chi connectivity index (χ4n) is 2.32. The van der Waals surface area contributed by atoms with Gasteiger partial charge in [0, 0.05) is 5.69 Å². The van der Waals surface area contributed by atoms with Crippen LogP contribution in [-0.4, -0.2) is 39.5 Å². The third-order valence-electron chi connectivity index (χ3n) is 3.52. The van der Waals surface area contributed by atoms with E-state index in [1.54, 1.807) is 11.8 Å². The van der Waals surface area contributed by atoms with Gasteiger partial charge in [-0.15, -0.1) is 5.10 Å². The number of hydrogen-bond donors (Lipinski definition) is 1. The van der Waals surface area contributed by atoms with Crippen LogP contribution < -0.4 is 10.1 Å². The van der Waals surface area contributed by atoms with Gasteiger partial charge < -0.3 is 10.1 Å². The zero-order valence-corrected chi connectivity index (χ0v) is 14.7. The molecule has 0 aliphatic carbocycles. The van der Waals surface area contributed by atoms with Crippen LogP contribution in [0.3, 0.4) is 0 Å². The summed E-state index contributed by atoms with van der Waals surface area (Å²) in [4.78, 5) is 12.3. The molecular formula is C17H17N5O2S. The van der Waals surface area contributed by atoms with Crippen LogP contribution in [0.2, 0.25) is 0 Å². The van der Waals surface area contributed by atoms with Crippen molar-refractivity contribution < 1.29 is 9.53 Å². The molecule has 0 saturated heterocycles. The van der Waals surface area contributed by atoms with Gasteiger partial charge in [0.2, 0.25) is 11.1 Å². The van der Waals surface area contributed by atoms with Crippen LogP contribution in [0.5, 0.6) is 5.75 Å². The van der Waals surface area contributed by atoms with Gasteiger partial charge in [-0.2, -0.15) is 4.68 Å². The second-order valence-corrected chi connectivity index (χ2v) is 5.97. The van der Waals surface area contributed by atoms with Gasteiger partial charge in [-0.3, -0.25) is 4.79 Å². The highest BCUT2D eigenvalue weighted by Gasteiger charge is 2.09. The number of thioether (sulfide) groups is 1. The highest BCUT2D eigenvalue weighted by atomic mass is 32.2. The maximum Gasteiger partial charge on any atom is 0.228 e. The highest BCUT2D eigenvalue weighted by molar-refractivity contribution is 7.98. The minimum absolute atomic E-state index is 0.0934. The lowest BCUT2D eigenvalue weighted by Gasteiger charge is -2.08. The molecule has 7 nitrogen and oxygen atoms in total. The van der Waals surface area contributed by atoms with E-state index in [0.29, 0.717) is 10.8 Å². The Morgan fingerprint density at radius 2 is 2.04 bits per heavy atom. The molecule has 0 bridgehead atoms.